The number of aromatic amines is 1. The van der Waals surface area contributed by atoms with Crippen molar-refractivity contribution < 1.29 is 9.90 Å². The van der Waals surface area contributed by atoms with Gasteiger partial charge in [-0.2, -0.15) is 4.98 Å². The van der Waals surface area contributed by atoms with Crippen LogP contribution in [0.5, 0.6) is 0 Å². The van der Waals surface area contributed by atoms with E-state index in [1.807, 2.05) is 17.2 Å². The van der Waals surface area contributed by atoms with Gasteiger partial charge in [0.2, 0.25) is 5.95 Å². The van der Waals surface area contributed by atoms with Crippen LogP contribution in [0.2, 0.25) is 0 Å². The van der Waals surface area contributed by atoms with Gasteiger partial charge in [-0.3, -0.25) is 14.6 Å². The SMILES string of the molecule is Nc1nc2c(c(=O)[nH]1)N1CN(C3=CCC(C(=O)O)CC3)CC1=CN2. The predicted octanol–water partition coefficient (Wildman–Crippen LogP) is 0.467. The van der Waals surface area contributed by atoms with Crippen LogP contribution in [0.25, 0.3) is 0 Å². The Hall–Kier alpha value is -2.97. The van der Waals surface area contributed by atoms with Crippen LogP contribution >= 0.6 is 0 Å². The van der Waals surface area contributed by atoms with Gasteiger partial charge in [0.15, 0.2) is 11.5 Å². The third kappa shape index (κ3) is 2.29. The smallest absolute Gasteiger partial charge is 0.306 e. The van der Waals surface area contributed by atoms with E-state index >= 15 is 0 Å². The highest BCUT2D eigenvalue weighted by molar-refractivity contribution is 5.73. The van der Waals surface area contributed by atoms with Gasteiger partial charge in [0.25, 0.3) is 5.56 Å². The molecule has 5 N–H and O–H groups in total. The lowest BCUT2D eigenvalue weighted by Gasteiger charge is -2.27. The molecule has 1 aromatic heterocycles. The van der Waals surface area contributed by atoms with Crippen molar-refractivity contribution in [1.82, 2.24) is 14.9 Å². The van der Waals surface area contributed by atoms with E-state index in [9.17, 15) is 9.59 Å². The van der Waals surface area contributed by atoms with E-state index in [2.05, 4.69) is 20.2 Å². The Labute approximate surface area is 137 Å². The Kier molecular flexibility index (Phi) is 3.22. The normalized spacial score (nSPS) is 22.2. The van der Waals surface area contributed by atoms with Crippen LogP contribution in [0, 0.1) is 5.92 Å². The number of carbonyl (C=O) groups is 1. The molecule has 1 atom stereocenters. The van der Waals surface area contributed by atoms with Crippen molar-refractivity contribution in [3.05, 3.63) is 34.0 Å². The molecule has 2 aliphatic heterocycles. The number of nitrogen functional groups attached to an aromatic ring is 1. The zero-order valence-corrected chi connectivity index (χ0v) is 13.0. The number of H-pyrrole nitrogens is 1. The first kappa shape index (κ1) is 14.6. The van der Waals surface area contributed by atoms with E-state index in [0.717, 1.165) is 17.8 Å². The maximum Gasteiger partial charge on any atom is 0.306 e. The van der Waals surface area contributed by atoms with Gasteiger partial charge >= 0.3 is 5.97 Å². The highest BCUT2D eigenvalue weighted by atomic mass is 16.4. The Morgan fingerprint density at radius 1 is 1.42 bits per heavy atom. The minimum atomic E-state index is -0.736. The number of allylic oxidation sites excluding steroid dienone is 2. The highest BCUT2D eigenvalue weighted by Gasteiger charge is 2.34. The molecule has 1 fully saturated rings. The van der Waals surface area contributed by atoms with Crippen LogP contribution in [0.15, 0.2) is 28.5 Å². The Morgan fingerprint density at radius 3 is 2.96 bits per heavy atom. The summed E-state index contributed by atoms with van der Waals surface area (Å²) < 4.78 is 0. The summed E-state index contributed by atoms with van der Waals surface area (Å²) in [6.07, 6.45) is 5.76. The number of fused-ring (bicyclic) bond motifs is 3. The molecule has 24 heavy (non-hydrogen) atoms. The topological polar surface area (TPSA) is 128 Å². The first-order valence-corrected chi connectivity index (χ1v) is 7.82. The molecular weight excluding hydrogens is 312 g/mol. The van der Waals surface area contributed by atoms with E-state index in [4.69, 9.17) is 10.8 Å². The largest absolute Gasteiger partial charge is 0.481 e. The van der Waals surface area contributed by atoms with Gasteiger partial charge in [0.1, 0.15) is 0 Å². The maximum absolute atomic E-state index is 12.2. The number of nitrogens with two attached hydrogens (primary N) is 1. The molecule has 126 valence electrons. The van der Waals surface area contributed by atoms with Gasteiger partial charge in [-0.25, -0.2) is 0 Å². The van der Waals surface area contributed by atoms with Crippen LogP contribution in [0.4, 0.5) is 17.5 Å². The van der Waals surface area contributed by atoms with Gasteiger partial charge in [-0.15, -0.1) is 0 Å². The summed E-state index contributed by atoms with van der Waals surface area (Å²) in [5.74, 6) is -0.505. The van der Waals surface area contributed by atoms with Crippen molar-refractivity contribution in [2.75, 3.05) is 29.2 Å². The Balaban J connectivity index is 1.58. The number of hydrogen-bond donors (Lipinski definition) is 4. The number of nitrogens with one attached hydrogen (secondary N) is 2. The van der Waals surface area contributed by atoms with Gasteiger partial charge in [0, 0.05) is 11.9 Å². The average Bonchev–Trinajstić information content (AvgIpc) is 2.98. The first-order valence-electron chi connectivity index (χ1n) is 7.82. The van der Waals surface area contributed by atoms with Gasteiger partial charge in [0.05, 0.1) is 24.8 Å². The molecule has 1 unspecified atom stereocenters. The molecule has 0 radical (unpaired) electrons. The lowest BCUT2D eigenvalue weighted by Crippen LogP contribution is -2.33. The molecule has 0 bridgehead atoms. The second-order valence-electron chi connectivity index (χ2n) is 6.20. The van der Waals surface area contributed by atoms with Crippen LogP contribution < -0.4 is 21.5 Å². The predicted molar refractivity (Wildman–Crippen MR) is 88.1 cm³/mol. The lowest BCUT2D eigenvalue weighted by molar-refractivity contribution is -0.142. The minimum absolute atomic E-state index is 0.0776. The molecule has 0 saturated carbocycles. The van der Waals surface area contributed by atoms with Crippen molar-refractivity contribution in [3.63, 3.8) is 0 Å². The summed E-state index contributed by atoms with van der Waals surface area (Å²) in [6.45, 7) is 1.21. The van der Waals surface area contributed by atoms with Gasteiger partial charge in [-0.05, 0) is 19.3 Å². The summed E-state index contributed by atoms with van der Waals surface area (Å²) in [7, 11) is 0. The van der Waals surface area contributed by atoms with E-state index in [-0.39, 0.29) is 17.4 Å². The molecule has 4 rings (SSSR count). The van der Waals surface area contributed by atoms with Crippen LogP contribution in [-0.4, -0.2) is 39.2 Å². The van der Waals surface area contributed by atoms with E-state index in [1.54, 1.807) is 0 Å². The van der Waals surface area contributed by atoms with Crippen LogP contribution in [0.3, 0.4) is 0 Å². The number of carboxylic acid groups (broad SMARTS) is 1. The molecule has 1 aromatic rings. The fourth-order valence-electron chi connectivity index (χ4n) is 3.44. The third-order valence-electron chi connectivity index (χ3n) is 4.71. The van der Waals surface area contributed by atoms with Crippen LogP contribution in [0.1, 0.15) is 19.3 Å². The molecule has 0 amide bonds. The molecule has 1 saturated heterocycles. The molecule has 0 aromatic carbocycles. The van der Waals surface area contributed by atoms with E-state index < -0.39 is 5.97 Å². The number of aromatic nitrogens is 2. The second-order valence-corrected chi connectivity index (χ2v) is 6.20. The summed E-state index contributed by atoms with van der Waals surface area (Å²) in [5.41, 5.74) is 7.88. The number of hydrogen-bond acceptors (Lipinski definition) is 7. The van der Waals surface area contributed by atoms with Crippen LogP contribution in [-0.2, 0) is 4.79 Å². The Morgan fingerprint density at radius 2 is 2.25 bits per heavy atom. The quantitative estimate of drug-likeness (QED) is 0.616. The number of rotatable bonds is 2. The molecule has 9 nitrogen and oxygen atoms in total. The lowest BCUT2D eigenvalue weighted by atomic mass is 9.92. The molecule has 1 aliphatic carbocycles. The van der Waals surface area contributed by atoms with Crippen molar-refractivity contribution >= 4 is 23.4 Å². The third-order valence-corrected chi connectivity index (χ3v) is 4.71. The zero-order chi connectivity index (χ0) is 16.8. The zero-order valence-electron chi connectivity index (χ0n) is 13.0. The fraction of sp³-hybridized carbons (Fsp3) is 0.400. The molecular formula is C15H18N6O3. The fourth-order valence-corrected chi connectivity index (χ4v) is 3.44. The number of anilines is 3. The van der Waals surface area contributed by atoms with Gasteiger partial charge < -0.3 is 26.0 Å². The van der Waals surface area contributed by atoms with Crippen molar-refractivity contribution in [1.29, 1.82) is 0 Å². The minimum Gasteiger partial charge on any atom is -0.481 e. The summed E-state index contributed by atoms with van der Waals surface area (Å²) in [5, 5.41) is 12.1. The summed E-state index contributed by atoms with van der Waals surface area (Å²) in [4.78, 5) is 34.0. The summed E-state index contributed by atoms with van der Waals surface area (Å²) in [6, 6.07) is 0. The monoisotopic (exact) mass is 330 g/mol. The molecule has 3 heterocycles. The Bertz CT molecular complexity index is 827. The van der Waals surface area contributed by atoms with Gasteiger partial charge in [-0.1, -0.05) is 6.08 Å². The molecule has 9 heteroatoms. The average molecular weight is 330 g/mol. The summed E-state index contributed by atoms with van der Waals surface area (Å²) >= 11 is 0. The van der Waals surface area contributed by atoms with Crippen molar-refractivity contribution in [2.24, 2.45) is 5.92 Å². The standard InChI is InChI=1S/C15H18N6O3/c16-15-18-12-11(13(22)19-15)21-7-20(6-10(21)5-17-12)9-3-1-8(2-4-9)14(23)24/h3,5,8H,1-2,4,6-7H2,(H,23,24)(H4,16,17,18,19,22). The van der Waals surface area contributed by atoms with Crippen molar-refractivity contribution in [2.45, 2.75) is 19.3 Å². The maximum atomic E-state index is 12.2. The molecule has 0 spiro atoms. The second kappa shape index (κ2) is 5.29. The molecule has 3 aliphatic rings. The number of aliphatic carboxylic acids is 1. The number of carboxylic acids is 1. The number of nitrogens with zero attached hydrogens (tertiary/aromatic N) is 3. The van der Waals surface area contributed by atoms with E-state index in [0.29, 0.717) is 37.6 Å². The first-order chi connectivity index (χ1) is 11.5. The van der Waals surface area contributed by atoms with Crippen molar-refractivity contribution in [3.8, 4) is 0 Å². The van der Waals surface area contributed by atoms with E-state index in [1.165, 1.54) is 0 Å². The highest BCUT2D eigenvalue weighted by Crippen LogP contribution is 2.35.